The van der Waals surface area contributed by atoms with E-state index in [2.05, 4.69) is 20.8 Å². The fraction of sp³-hybridized carbons (Fsp3) is 0.667. The molecule has 152 valence electrons. The minimum Gasteiger partial charge on any atom is -0.341 e. The molecule has 1 aliphatic carbocycles. The Kier molecular flexibility index (Phi) is 5.83. The van der Waals surface area contributed by atoms with Crippen LogP contribution in [0.4, 0.5) is 0 Å². The van der Waals surface area contributed by atoms with Gasteiger partial charge in [-0.1, -0.05) is 32.5 Å². The summed E-state index contributed by atoms with van der Waals surface area (Å²) >= 11 is 3.10. The van der Waals surface area contributed by atoms with E-state index in [1.165, 1.54) is 28.6 Å². The molecular formula is C21H29N3O2S2. The van der Waals surface area contributed by atoms with Gasteiger partial charge in [-0.2, -0.15) is 0 Å². The van der Waals surface area contributed by atoms with Crippen molar-refractivity contribution in [1.29, 1.82) is 0 Å². The number of carbonyl (C=O) groups is 1. The third kappa shape index (κ3) is 3.75. The standard InChI is InChI=1S/C21H29N3O2S2/c1-4-8-24-20(26)18-15-6-5-7-16(15)28-19(18)22-21(24)27-12-17(25)23-10-13(2)9-14(3)11-23/h13-14H,4-12H2,1-3H3/t13-,14+. The second kappa shape index (κ2) is 8.19. The van der Waals surface area contributed by atoms with Crippen LogP contribution in [0.3, 0.4) is 0 Å². The first-order chi connectivity index (χ1) is 13.5. The molecule has 0 saturated carbocycles. The normalized spacial score (nSPS) is 22.0. The van der Waals surface area contributed by atoms with Crippen LogP contribution in [-0.4, -0.2) is 39.2 Å². The lowest BCUT2D eigenvalue weighted by atomic mass is 9.92. The van der Waals surface area contributed by atoms with E-state index in [0.29, 0.717) is 29.3 Å². The number of hydrogen-bond donors (Lipinski definition) is 0. The molecular weight excluding hydrogens is 390 g/mol. The van der Waals surface area contributed by atoms with Crippen LogP contribution in [-0.2, 0) is 24.2 Å². The highest BCUT2D eigenvalue weighted by Crippen LogP contribution is 2.35. The number of likely N-dealkylation sites (tertiary alicyclic amines) is 1. The molecule has 1 aliphatic heterocycles. The number of amides is 1. The van der Waals surface area contributed by atoms with E-state index in [-0.39, 0.29) is 11.5 Å². The highest BCUT2D eigenvalue weighted by atomic mass is 32.2. The Morgan fingerprint density at radius 2 is 2.00 bits per heavy atom. The van der Waals surface area contributed by atoms with Crippen molar-refractivity contribution in [2.24, 2.45) is 11.8 Å². The van der Waals surface area contributed by atoms with E-state index in [1.807, 2.05) is 4.90 Å². The van der Waals surface area contributed by atoms with Gasteiger partial charge in [0.15, 0.2) is 5.16 Å². The zero-order valence-corrected chi connectivity index (χ0v) is 18.6. The van der Waals surface area contributed by atoms with Gasteiger partial charge in [0, 0.05) is 24.5 Å². The van der Waals surface area contributed by atoms with E-state index < -0.39 is 0 Å². The van der Waals surface area contributed by atoms with E-state index >= 15 is 0 Å². The second-order valence-corrected chi connectivity index (χ2v) is 10.4. The lowest BCUT2D eigenvalue weighted by molar-refractivity contribution is -0.130. The smallest absolute Gasteiger partial charge is 0.263 e. The van der Waals surface area contributed by atoms with Crippen LogP contribution < -0.4 is 5.56 Å². The molecule has 5 nitrogen and oxygen atoms in total. The largest absolute Gasteiger partial charge is 0.341 e. The van der Waals surface area contributed by atoms with Crippen molar-refractivity contribution in [3.8, 4) is 0 Å². The fourth-order valence-corrected chi connectivity index (χ4v) is 6.90. The van der Waals surface area contributed by atoms with Gasteiger partial charge in [0.05, 0.1) is 11.1 Å². The van der Waals surface area contributed by atoms with Gasteiger partial charge < -0.3 is 4.90 Å². The van der Waals surface area contributed by atoms with Crippen molar-refractivity contribution >= 4 is 39.2 Å². The van der Waals surface area contributed by atoms with Crippen molar-refractivity contribution in [3.63, 3.8) is 0 Å². The molecule has 0 unspecified atom stereocenters. The van der Waals surface area contributed by atoms with Crippen LogP contribution in [0.2, 0.25) is 0 Å². The quantitative estimate of drug-likeness (QED) is 0.544. The number of rotatable bonds is 5. The van der Waals surface area contributed by atoms with Crippen LogP contribution in [0.5, 0.6) is 0 Å². The molecule has 2 aliphatic rings. The molecule has 1 saturated heterocycles. The van der Waals surface area contributed by atoms with Gasteiger partial charge in [-0.15, -0.1) is 11.3 Å². The van der Waals surface area contributed by atoms with Crippen LogP contribution in [0.25, 0.3) is 10.2 Å². The van der Waals surface area contributed by atoms with Gasteiger partial charge in [-0.25, -0.2) is 4.98 Å². The second-order valence-electron chi connectivity index (χ2n) is 8.42. The Morgan fingerprint density at radius 1 is 1.25 bits per heavy atom. The fourth-order valence-electron chi connectivity index (χ4n) is 4.67. The Labute approximate surface area is 174 Å². The minimum atomic E-state index is 0.0846. The summed E-state index contributed by atoms with van der Waals surface area (Å²) in [5.74, 6) is 1.62. The molecule has 3 heterocycles. The number of nitrogens with zero attached hydrogens (tertiary/aromatic N) is 3. The molecule has 0 spiro atoms. The molecule has 1 amide bonds. The Morgan fingerprint density at radius 3 is 2.71 bits per heavy atom. The molecule has 2 atom stereocenters. The number of fused-ring (bicyclic) bond motifs is 3. The monoisotopic (exact) mass is 419 g/mol. The number of piperidine rings is 1. The average molecular weight is 420 g/mol. The van der Waals surface area contributed by atoms with Crippen molar-refractivity contribution in [2.75, 3.05) is 18.8 Å². The molecule has 0 radical (unpaired) electrons. The lowest BCUT2D eigenvalue weighted by Gasteiger charge is -2.35. The van der Waals surface area contributed by atoms with E-state index in [9.17, 15) is 9.59 Å². The molecule has 0 aromatic carbocycles. The number of aromatic nitrogens is 2. The van der Waals surface area contributed by atoms with Gasteiger partial charge in [-0.3, -0.25) is 14.2 Å². The highest BCUT2D eigenvalue weighted by Gasteiger charge is 2.27. The van der Waals surface area contributed by atoms with Gasteiger partial charge in [0.25, 0.3) is 5.56 Å². The number of thiophene rings is 1. The Hall–Kier alpha value is -1.34. The Balaban J connectivity index is 1.58. The molecule has 0 bridgehead atoms. The van der Waals surface area contributed by atoms with Crippen molar-refractivity contribution in [3.05, 3.63) is 20.8 Å². The first-order valence-electron chi connectivity index (χ1n) is 10.4. The zero-order valence-electron chi connectivity index (χ0n) is 17.0. The molecule has 4 rings (SSSR count). The van der Waals surface area contributed by atoms with Crippen molar-refractivity contribution in [1.82, 2.24) is 14.5 Å². The van der Waals surface area contributed by atoms with Crippen molar-refractivity contribution < 1.29 is 4.79 Å². The van der Waals surface area contributed by atoms with Crippen LogP contribution in [0, 0.1) is 11.8 Å². The van der Waals surface area contributed by atoms with Gasteiger partial charge >= 0.3 is 0 Å². The number of carbonyl (C=O) groups excluding carboxylic acids is 1. The summed E-state index contributed by atoms with van der Waals surface area (Å²) in [6, 6.07) is 0. The van der Waals surface area contributed by atoms with E-state index in [0.717, 1.165) is 49.0 Å². The van der Waals surface area contributed by atoms with Crippen LogP contribution in [0.1, 0.15) is 50.5 Å². The number of aryl methyl sites for hydroxylation is 2. The van der Waals surface area contributed by atoms with E-state index in [4.69, 9.17) is 4.98 Å². The zero-order chi connectivity index (χ0) is 19.8. The third-order valence-electron chi connectivity index (χ3n) is 5.78. The summed E-state index contributed by atoms with van der Waals surface area (Å²) in [5.41, 5.74) is 1.31. The molecule has 1 fully saturated rings. The van der Waals surface area contributed by atoms with Crippen LogP contribution in [0.15, 0.2) is 9.95 Å². The summed E-state index contributed by atoms with van der Waals surface area (Å²) in [6.45, 7) is 8.84. The lowest BCUT2D eigenvalue weighted by Crippen LogP contribution is -2.43. The minimum absolute atomic E-state index is 0.0846. The maximum absolute atomic E-state index is 13.2. The molecule has 28 heavy (non-hydrogen) atoms. The highest BCUT2D eigenvalue weighted by molar-refractivity contribution is 7.99. The Bertz CT molecular complexity index is 939. The maximum Gasteiger partial charge on any atom is 0.263 e. The summed E-state index contributed by atoms with van der Waals surface area (Å²) in [7, 11) is 0. The predicted molar refractivity (Wildman–Crippen MR) is 116 cm³/mol. The SMILES string of the molecule is CCCn1c(SCC(=O)N2C[C@H](C)C[C@H](C)C2)nc2sc3c(c2c1=O)CCC3. The van der Waals surface area contributed by atoms with Gasteiger partial charge in [0.1, 0.15) is 4.83 Å². The molecule has 2 aromatic heterocycles. The maximum atomic E-state index is 13.2. The van der Waals surface area contributed by atoms with Gasteiger partial charge in [-0.05, 0) is 49.5 Å². The summed E-state index contributed by atoms with van der Waals surface area (Å²) in [4.78, 5) is 35.0. The third-order valence-corrected chi connectivity index (χ3v) is 7.93. The average Bonchev–Trinajstić information content (AvgIpc) is 3.22. The van der Waals surface area contributed by atoms with Crippen LogP contribution >= 0.6 is 23.1 Å². The molecule has 7 heteroatoms. The van der Waals surface area contributed by atoms with Crippen molar-refractivity contribution in [2.45, 2.75) is 64.6 Å². The number of hydrogen-bond acceptors (Lipinski definition) is 5. The first kappa shape index (κ1) is 20.0. The van der Waals surface area contributed by atoms with Gasteiger partial charge in [0.2, 0.25) is 5.91 Å². The summed E-state index contributed by atoms with van der Waals surface area (Å²) < 4.78 is 1.80. The topological polar surface area (TPSA) is 55.2 Å². The summed E-state index contributed by atoms with van der Waals surface area (Å²) in [6.07, 6.45) is 5.27. The first-order valence-corrected chi connectivity index (χ1v) is 12.2. The van der Waals surface area contributed by atoms with E-state index in [1.54, 1.807) is 15.9 Å². The number of thioether (sulfide) groups is 1. The predicted octanol–water partition coefficient (Wildman–Crippen LogP) is 3.95. The molecule has 2 aromatic rings. The summed E-state index contributed by atoms with van der Waals surface area (Å²) in [5, 5.41) is 1.53. The molecule has 0 N–H and O–H groups in total.